The Kier molecular flexibility index (Phi) is 19.4. The molecule has 1 amide bonds. The lowest BCUT2D eigenvalue weighted by Crippen LogP contribution is -2.63. The fourth-order valence-corrected chi connectivity index (χ4v) is 6.99. The molecule has 0 radical (unpaired) electrons. The zero-order valence-electron chi connectivity index (χ0n) is 30.9. The molecule has 3 rings (SSSR count). The van der Waals surface area contributed by atoms with Crippen LogP contribution in [0.25, 0.3) is 0 Å². The molecule has 3 aliphatic rings. The largest absolute Gasteiger partial charge is 0.462 e. The van der Waals surface area contributed by atoms with Crippen LogP contribution in [0, 0.1) is 0 Å². The van der Waals surface area contributed by atoms with Crippen molar-refractivity contribution in [2.45, 2.75) is 210 Å². The smallest absolute Gasteiger partial charge is 0.308 e. The van der Waals surface area contributed by atoms with Crippen LogP contribution in [0.5, 0.6) is 0 Å². The molecule has 0 saturated carbocycles. The van der Waals surface area contributed by atoms with Gasteiger partial charge in [-0.3, -0.25) is 9.59 Å². The molecule has 13 heteroatoms. The third-order valence-corrected chi connectivity index (χ3v) is 10.3. The van der Waals surface area contributed by atoms with Crippen LogP contribution in [0.15, 0.2) is 0 Å². The molecule has 0 aromatic rings. The van der Waals surface area contributed by atoms with E-state index in [0.717, 1.165) is 96.6 Å². The van der Waals surface area contributed by atoms with E-state index in [2.05, 4.69) is 13.8 Å². The van der Waals surface area contributed by atoms with Crippen molar-refractivity contribution in [2.24, 2.45) is 0 Å². The van der Waals surface area contributed by atoms with Crippen molar-refractivity contribution in [3.05, 3.63) is 0 Å². The molecule has 3 aliphatic heterocycles. The van der Waals surface area contributed by atoms with Gasteiger partial charge >= 0.3 is 5.97 Å². The summed E-state index contributed by atoms with van der Waals surface area (Å²) in [6, 6.07) is 0. The Balaban J connectivity index is 1.73. The molecule has 3 fully saturated rings. The van der Waals surface area contributed by atoms with Crippen LogP contribution >= 0.6 is 0 Å². The standard InChI is InChI=1S/C37H67NO12/c1-5-7-9-11-14-18-26(22-28(39)38-20-16-13-17-21-38)48-29(40)23-27(19-15-12-10-8-6-2)49-37-35(33(44)31(42)25(4)47-37)50-36-34(45)32(43)30(41)24(3)46-36/h24-27,30-37,41-45H,5-23H2,1-4H3/t24-,25-,26+,27+,30-,31-,32+,33+,34+,35+,36-,37-/m0/s1. The van der Waals surface area contributed by atoms with Crippen LogP contribution < -0.4 is 0 Å². The van der Waals surface area contributed by atoms with E-state index in [1.165, 1.54) is 6.92 Å². The van der Waals surface area contributed by atoms with Crippen molar-refractivity contribution in [1.82, 2.24) is 4.90 Å². The maximum Gasteiger partial charge on any atom is 0.308 e. The van der Waals surface area contributed by atoms with Gasteiger partial charge in [-0.15, -0.1) is 0 Å². The molecule has 50 heavy (non-hydrogen) atoms. The molecule has 292 valence electrons. The Morgan fingerprint density at radius 2 is 1.20 bits per heavy atom. The third kappa shape index (κ3) is 13.5. The highest BCUT2D eigenvalue weighted by atomic mass is 16.8. The van der Waals surface area contributed by atoms with Crippen molar-refractivity contribution in [2.75, 3.05) is 13.1 Å². The lowest BCUT2D eigenvalue weighted by atomic mass is 9.97. The first-order chi connectivity index (χ1) is 24.0. The van der Waals surface area contributed by atoms with Crippen LogP contribution in [0.2, 0.25) is 0 Å². The number of amides is 1. The van der Waals surface area contributed by atoms with Crippen molar-refractivity contribution >= 4 is 11.9 Å². The van der Waals surface area contributed by atoms with Crippen molar-refractivity contribution in [1.29, 1.82) is 0 Å². The predicted octanol–water partition coefficient (Wildman–Crippen LogP) is 3.48. The van der Waals surface area contributed by atoms with Gasteiger partial charge in [0.25, 0.3) is 0 Å². The van der Waals surface area contributed by atoms with Crippen LogP contribution in [0.3, 0.4) is 0 Å². The Bertz CT molecular complexity index is 967. The lowest BCUT2D eigenvalue weighted by molar-refractivity contribution is -0.366. The molecule has 0 aliphatic carbocycles. The summed E-state index contributed by atoms with van der Waals surface area (Å²) < 4.78 is 29.8. The fraction of sp³-hybridized carbons (Fsp3) is 0.946. The van der Waals surface area contributed by atoms with Crippen molar-refractivity contribution < 1.29 is 58.8 Å². The summed E-state index contributed by atoms with van der Waals surface area (Å²) in [6.45, 7) is 8.83. The average molecular weight is 718 g/mol. The number of aliphatic hydroxyl groups excluding tert-OH is 5. The number of unbranched alkanes of at least 4 members (excludes halogenated alkanes) is 8. The quantitative estimate of drug-likeness (QED) is 0.0862. The van der Waals surface area contributed by atoms with Gasteiger partial charge in [-0.25, -0.2) is 0 Å². The van der Waals surface area contributed by atoms with E-state index in [9.17, 15) is 35.1 Å². The summed E-state index contributed by atoms with van der Waals surface area (Å²) in [7, 11) is 0. The number of esters is 1. The summed E-state index contributed by atoms with van der Waals surface area (Å²) in [6.07, 6.45) is -0.276. The van der Waals surface area contributed by atoms with Gasteiger partial charge in [-0.1, -0.05) is 71.6 Å². The number of hydrogen-bond donors (Lipinski definition) is 5. The molecule has 5 N–H and O–H groups in total. The molecule has 0 spiro atoms. The summed E-state index contributed by atoms with van der Waals surface area (Å²) in [4.78, 5) is 28.6. The second-order valence-corrected chi connectivity index (χ2v) is 14.6. The number of rotatable bonds is 21. The monoisotopic (exact) mass is 717 g/mol. The zero-order valence-corrected chi connectivity index (χ0v) is 30.9. The maximum atomic E-state index is 13.6. The van der Waals surface area contributed by atoms with E-state index >= 15 is 0 Å². The molecular weight excluding hydrogens is 650 g/mol. The number of likely N-dealkylation sites (tertiary alicyclic amines) is 1. The van der Waals surface area contributed by atoms with Crippen molar-refractivity contribution in [3.8, 4) is 0 Å². The van der Waals surface area contributed by atoms with E-state index in [4.69, 9.17) is 23.7 Å². The van der Waals surface area contributed by atoms with Gasteiger partial charge in [0, 0.05) is 13.1 Å². The number of hydrogen-bond acceptors (Lipinski definition) is 12. The zero-order chi connectivity index (χ0) is 36.6. The number of piperidine rings is 1. The molecule has 3 saturated heterocycles. The van der Waals surface area contributed by atoms with Gasteiger partial charge in [-0.05, 0) is 52.4 Å². The summed E-state index contributed by atoms with van der Waals surface area (Å²) in [5, 5.41) is 52.8. The van der Waals surface area contributed by atoms with E-state index < -0.39 is 79.6 Å². The highest BCUT2D eigenvalue weighted by Crippen LogP contribution is 2.31. The summed E-state index contributed by atoms with van der Waals surface area (Å²) >= 11 is 0. The third-order valence-electron chi connectivity index (χ3n) is 10.3. The average Bonchev–Trinajstić information content (AvgIpc) is 3.10. The van der Waals surface area contributed by atoms with Crippen LogP contribution in [-0.2, 0) is 33.3 Å². The van der Waals surface area contributed by atoms with Crippen LogP contribution in [0.4, 0.5) is 0 Å². The minimum atomic E-state index is -1.65. The Morgan fingerprint density at radius 1 is 0.660 bits per heavy atom. The molecule has 3 heterocycles. The Morgan fingerprint density at radius 3 is 1.80 bits per heavy atom. The topological polar surface area (TPSA) is 185 Å². The van der Waals surface area contributed by atoms with Gasteiger partial charge in [0.05, 0.1) is 31.2 Å². The number of ether oxygens (including phenoxy) is 5. The van der Waals surface area contributed by atoms with Crippen LogP contribution in [-0.4, -0.2) is 129 Å². The molecular formula is C37H67NO12. The molecule has 13 nitrogen and oxygen atoms in total. The predicted molar refractivity (Wildman–Crippen MR) is 185 cm³/mol. The fourth-order valence-electron chi connectivity index (χ4n) is 6.99. The number of aliphatic hydroxyl groups is 5. The maximum absolute atomic E-state index is 13.6. The first-order valence-electron chi connectivity index (χ1n) is 19.5. The molecule has 12 atom stereocenters. The van der Waals surface area contributed by atoms with Gasteiger partial charge in [-0.2, -0.15) is 0 Å². The van der Waals surface area contributed by atoms with Gasteiger partial charge < -0.3 is 54.1 Å². The van der Waals surface area contributed by atoms with Gasteiger partial charge in [0.2, 0.25) is 5.91 Å². The second kappa shape index (κ2) is 22.6. The normalized spacial score (nSPS) is 33.2. The minimum Gasteiger partial charge on any atom is -0.462 e. The minimum absolute atomic E-state index is 0.0102. The first-order valence-corrected chi connectivity index (χ1v) is 19.5. The highest BCUT2D eigenvalue weighted by molar-refractivity contribution is 5.77. The van der Waals surface area contributed by atoms with Gasteiger partial charge in [0.15, 0.2) is 12.6 Å². The molecule has 0 aromatic carbocycles. The molecule has 0 aromatic heterocycles. The Hall–Kier alpha value is -1.42. The summed E-state index contributed by atoms with van der Waals surface area (Å²) in [5.41, 5.74) is 0. The van der Waals surface area contributed by atoms with E-state index in [1.54, 1.807) is 6.92 Å². The van der Waals surface area contributed by atoms with Crippen LogP contribution in [0.1, 0.15) is 137 Å². The van der Waals surface area contributed by atoms with Gasteiger partial charge in [0.1, 0.15) is 42.7 Å². The van der Waals surface area contributed by atoms with E-state index in [0.29, 0.717) is 12.8 Å². The number of carbonyl (C=O) groups excluding carboxylic acids is 2. The van der Waals surface area contributed by atoms with E-state index in [1.807, 2.05) is 4.90 Å². The number of carbonyl (C=O) groups is 2. The SMILES string of the molecule is CCCCCCC[C@H](CC(=O)N1CCCCC1)OC(=O)C[C@@H](CCCCCCC)O[C@@H]1O[C@@H](C)[C@H](O)[C@@H](O)[C@H]1O[C@@H]1O[C@@H](C)[C@H](O)[C@@H](O)[C@H]1O. The second-order valence-electron chi connectivity index (χ2n) is 14.6. The van der Waals surface area contributed by atoms with Crippen molar-refractivity contribution in [3.63, 3.8) is 0 Å². The van der Waals surface area contributed by atoms with E-state index in [-0.39, 0.29) is 18.7 Å². The first kappa shape index (κ1) is 43.0. The highest BCUT2D eigenvalue weighted by Gasteiger charge is 2.50. The molecule has 0 unspecified atom stereocenters. The Labute approximate surface area is 298 Å². The molecule has 0 bridgehead atoms. The lowest BCUT2D eigenvalue weighted by Gasteiger charge is -2.46. The number of nitrogens with zero attached hydrogens (tertiary/aromatic N) is 1. The summed E-state index contributed by atoms with van der Waals surface area (Å²) in [5.74, 6) is -0.483.